The fourth-order valence-corrected chi connectivity index (χ4v) is 2.97. The van der Waals surface area contributed by atoms with Crippen molar-refractivity contribution in [3.8, 4) is 0 Å². The average molecular weight is 296 g/mol. The number of likely N-dealkylation sites (tertiary alicyclic amines) is 1. The second-order valence-corrected chi connectivity index (χ2v) is 5.61. The largest absolute Gasteiger partial charge is 0.453 e. The molecule has 2 N–H and O–H groups in total. The fourth-order valence-electron chi connectivity index (χ4n) is 2.97. The quantitative estimate of drug-likeness (QED) is 0.566. The van der Waals surface area contributed by atoms with Crippen LogP contribution in [0.25, 0.3) is 0 Å². The number of primary amides is 1. The van der Waals surface area contributed by atoms with Gasteiger partial charge in [0.2, 0.25) is 11.8 Å². The third-order valence-corrected chi connectivity index (χ3v) is 4.18. The van der Waals surface area contributed by atoms with Gasteiger partial charge in [-0.15, -0.1) is 0 Å². The molecule has 7 heteroatoms. The van der Waals surface area contributed by atoms with Crippen LogP contribution in [0, 0.1) is 11.8 Å². The molecule has 7 nitrogen and oxygen atoms in total. The van der Waals surface area contributed by atoms with E-state index in [4.69, 9.17) is 10.5 Å². The maximum atomic E-state index is 12.2. The van der Waals surface area contributed by atoms with E-state index in [0.717, 1.165) is 30.6 Å². The standard InChI is InChI=1S/C14H20N2O5/c1-8(12(15)18)21-11(17)6-7-16-13(19)9-4-2-3-5-10(9)14(16)20/h8-10H,2-7H2,1H3,(H2,15,18)/t8-,9-,10-/m0/s1. The summed E-state index contributed by atoms with van der Waals surface area (Å²) in [6.45, 7) is 1.38. The molecular weight excluding hydrogens is 276 g/mol. The minimum atomic E-state index is -1.01. The first-order valence-electron chi connectivity index (χ1n) is 7.26. The number of carbonyl (C=O) groups excluding carboxylic acids is 4. The molecule has 3 amide bonds. The summed E-state index contributed by atoms with van der Waals surface area (Å²) >= 11 is 0. The molecule has 0 spiro atoms. The number of ether oxygens (including phenoxy) is 1. The summed E-state index contributed by atoms with van der Waals surface area (Å²) in [5.41, 5.74) is 4.99. The van der Waals surface area contributed by atoms with E-state index < -0.39 is 18.0 Å². The van der Waals surface area contributed by atoms with Crippen LogP contribution < -0.4 is 5.73 Å². The van der Waals surface area contributed by atoms with Crippen molar-refractivity contribution < 1.29 is 23.9 Å². The van der Waals surface area contributed by atoms with E-state index >= 15 is 0 Å². The van der Waals surface area contributed by atoms with Crippen LogP contribution in [0.4, 0.5) is 0 Å². The van der Waals surface area contributed by atoms with Gasteiger partial charge in [-0.05, 0) is 19.8 Å². The lowest BCUT2D eigenvalue weighted by atomic mass is 9.81. The van der Waals surface area contributed by atoms with Crippen molar-refractivity contribution in [2.75, 3.05) is 6.54 Å². The summed E-state index contributed by atoms with van der Waals surface area (Å²) in [5.74, 6) is -2.17. The number of fused-ring (bicyclic) bond motifs is 1. The van der Waals surface area contributed by atoms with E-state index in [0.29, 0.717) is 0 Å². The molecule has 2 rings (SSSR count). The van der Waals surface area contributed by atoms with Crippen molar-refractivity contribution in [3.63, 3.8) is 0 Å². The zero-order valence-electron chi connectivity index (χ0n) is 12.0. The van der Waals surface area contributed by atoms with E-state index in [1.165, 1.54) is 6.92 Å². The van der Waals surface area contributed by atoms with Gasteiger partial charge in [0.15, 0.2) is 6.10 Å². The predicted molar refractivity (Wildman–Crippen MR) is 71.5 cm³/mol. The second-order valence-electron chi connectivity index (χ2n) is 5.61. The molecule has 1 saturated heterocycles. The maximum absolute atomic E-state index is 12.2. The third kappa shape index (κ3) is 3.22. The smallest absolute Gasteiger partial charge is 0.308 e. The first-order chi connectivity index (χ1) is 9.91. The number of rotatable bonds is 5. The molecular formula is C14H20N2O5. The SMILES string of the molecule is C[C@H](OC(=O)CCN1C(=O)[C@H]2CCCC[C@@H]2C1=O)C(N)=O. The lowest BCUT2D eigenvalue weighted by molar-refractivity contribution is -0.154. The van der Waals surface area contributed by atoms with Gasteiger partial charge in [-0.1, -0.05) is 12.8 Å². The van der Waals surface area contributed by atoms with Gasteiger partial charge in [-0.25, -0.2) is 0 Å². The number of nitrogens with two attached hydrogens (primary N) is 1. The molecule has 3 atom stereocenters. The highest BCUT2D eigenvalue weighted by molar-refractivity contribution is 6.05. The molecule has 2 fully saturated rings. The Morgan fingerprint density at radius 2 is 1.76 bits per heavy atom. The van der Waals surface area contributed by atoms with Crippen LogP contribution in [0.5, 0.6) is 0 Å². The van der Waals surface area contributed by atoms with E-state index in [2.05, 4.69) is 0 Å². The Morgan fingerprint density at radius 3 is 2.24 bits per heavy atom. The molecule has 0 aromatic carbocycles. The predicted octanol–water partition coefficient (Wildman–Crippen LogP) is -0.0313. The van der Waals surface area contributed by atoms with Crippen molar-refractivity contribution in [1.82, 2.24) is 4.90 Å². The number of esters is 1. The number of nitrogens with zero attached hydrogens (tertiary/aromatic N) is 1. The minimum Gasteiger partial charge on any atom is -0.453 e. The van der Waals surface area contributed by atoms with Gasteiger partial charge >= 0.3 is 5.97 Å². The summed E-state index contributed by atoms with van der Waals surface area (Å²) in [6, 6.07) is 0. The van der Waals surface area contributed by atoms with Gasteiger partial charge in [0.05, 0.1) is 18.3 Å². The van der Waals surface area contributed by atoms with Crippen molar-refractivity contribution >= 4 is 23.7 Å². The minimum absolute atomic E-state index is 0.00891. The van der Waals surface area contributed by atoms with Crippen LogP contribution in [0.1, 0.15) is 39.0 Å². The Kier molecular flexibility index (Phi) is 4.59. The Balaban J connectivity index is 1.88. The van der Waals surface area contributed by atoms with E-state index in [1.54, 1.807) is 0 Å². The third-order valence-electron chi connectivity index (χ3n) is 4.18. The molecule has 0 radical (unpaired) electrons. The second kappa shape index (κ2) is 6.24. The van der Waals surface area contributed by atoms with Crippen molar-refractivity contribution in [3.05, 3.63) is 0 Å². The summed E-state index contributed by atoms with van der Waals surface area (Å²) in [7, 11) is 0. The number of hydrogen-bond donors (Lipinski definition) is 1. The Hall–Kier alpha value is -1.92. The molecule has 0 bridgehead atoms. The van der Waals surface area contributed by atoms with Gasteiger partial charge in [0.25, 0.3) is 5.91 Å². The van der Waals surface area contributed by atoms with Gasteiger partial charge in [-0.2, -0.15) is 0 Å². The number of imide groups is 1. The number of amides is 3. The van der Waals surface area contributed by atoms with Gasteiger partial charge in [-0.3, -0.25) is 24.1 Å². The summed E-state index contributed by atoms with van der Waals surface area (Å²) in [4.78, 5) is 47.9. The lowest BCUT2D eigenvalue weighted by Crippen LogP contribution is -2.35. The molecule has 21 heavy (non-hydrogen) atoms. The molecule has 1 heterocycles. The first-order valence-corrected chi connectivity index (χ1v) is 7.26. The summed E-state index contributed by atoms with van der Waals surface area (Å²) in [6.07, 6.45) is 2.29. The average Bonchev–Trinajstić information content (AvgIpc) is 2.69. The highest BCUT2D eigenvalue weighted by Crippen LogP contribution is 2.37. The molecule has 1 aliphatic heterocycles. The van der Waals surface area contributed by atoms with Crippen LogP contribution in [0.2, 0.25) is 0 Å². The topological polar surface area (TPSA) is 107 Å². The normalized spacial score (nSPS) is 26.4. The number of hydrogen-bond acceptors (Lipinski definition) is 5. The van der Waals surface area contributed by atoms with Crippen LogP contribution >= 0.6 is 0 Å². The Labute approximate surface area is 122 Å². The molecule has 0 aromatic heterocycles. The van der Waals surface area contributed by atoms with Crippen LogP contribution in [0.3, 0.4) is 0 Å². The monoisotopic (exact) mass is 296 g/mol. The lowest BCUT2D eigenvalue weighted by Gasteiger charge is -2.19. The van der Waals surface area contributed by atoms with Crippen molar-refractivity contribution in [1.29, 1.82) is 0 Å². The van der Waals surface area contributed by atoms with Crippen LogP contribution in [0.15, 0.2) is 0 Å². The van der Waals surface area contributed by atoms with E-state index in [9.17, 15) is 19.2 Å². The highest BCUT2D eigenvalue weighted by Gasteiger charge is 2.47. The van der Waals surface area contributed by atoms with Crippen molar-refractivity contribution in [2.24, 2.45) is 17.6 Å². The summed E-state index contributed by atoms with van der Waals surface area (Å²) < 4.78 is 4.80. The van der Waals surface area contributed by atoms with Gasteiger partial charge < -0.3 is 10.5 Å². The zero-order chi connectivity index (χ0) is 15.6. The summed E-state index contributed by atoms with van der Waals surface area (Å²) in [5, 5.41) is 0. The Morgan fingerprint density at radius 1 is 1.24 bits per heavy atom. The van der Waals surface area contributed by atoms with Crippen molar-refractivity contribution in [2.45, 2.75) is 45.1 Å². The molecule has 116 valence electrons. The van der Waals surface area contributed by atoms with Crippen LogP contribution in [-0.2, 0) is 23.9 Å². The van der Waals surface area contributed by atoms with E-state index in [-0.39, 0.29) is 36.6 Å². The maximum Gasteiger partial charge on any atom is 0.308 e. The van der Waals surface area contributed by atoms with E-state index in [1.807, 2.05) is 0 Å². The molecule has 0 aromatic rings. The van der Waals surface area contributed by atoms with Crippen LogP contribution in [-0.4, -0.2) is 41.2 Å². The Bertz CT molecular complexity index is 452. The van der Waals surface area contributed by atoms with Gasteiger partial charge in [0.1, 0.15) is 0 Å². The highest BCUT2D eigenvalue weighted by atomic mass is 16.5. The molecule has 2 aliphatic rings. The van der Waals surface area contributed by atoms with Gasteiger partial charge in [0, 0.05) is 6.54 Å². The number of carbonyl (C=O) groups is 4. The molecule has 1 aliphatic carbocycles. The molecule has 0 unspecified atom stereocenters. The first kappa shape index (κ1) is 15.5. The molecule has 1 saturated carbocycles. The zero-order valence-corrected chi connectivity index (χ0v) is 12.0. The fraction of sp³-hybridized carbons (Fsp3) is 0.714.